The number of likely N-dealkylation sites (N-methyl/N-ethyl adjacent to an activating group) is 1. The maximum absolute atomic E-state index is 14.0. The van der Waals surface area contributed by atoms with Gasteiger partial charge in [0.2, 0.25) is 5.91 Å². The Morgan fingerprint density at radius 3 is 1.93 bits per heavy atom. The summed E-state index contributed by atoms with van der Waals surface area (Å²) in [6, 6.07) is 10.3. The van der Waals surface area contributed by atoms with Gasteiger partial charge in [0.05, 0.1) is 17.8 Å². The Morgan fingerprint density at radius 1 is 0.810 bits per heavy atom. The highest BCUT2D eigenvalue weighted by molar-refractivity contribution is 5.96. The first kappa shape index (κ1) is 30.1. The molecule has 3 saturated heterocycles. The van der Waals surface area contributed by atoms with E-state index in [2.05, 4.69) is 16.8 Å². The van der Waals surface area contributed by atoms with Gasteiger partial charge in [-0.1, -0.05) is 18.2 Å². The van der Waals surface area contributed by atoms with Crippen LogP contribution < -0.4 is 4.90 Å². The molecule has 3 heterocycles. The SMILES string of the molecule is CN1CCN(CCN2CN(c3ccccc3)C3(CCN(C(=O)c4cc(C(F)(F)F)cc(C(F)(F)F)c4)CC3)C2=O)CC1. The number of halogens is 6. The molecule has 2 aromatic rings. The predicted molar refractivity (Wildman–Crippen MR) is 144 cm³/mol. The number of hydrogen-bond donors (Lipinski definition) is 0. The first-order valence-corrected chi connectivity index (χ1v) is 13.9. The lowest BCUT2D eigenvalue weighted by molar-refractivity contribution is -0.143. The molecular formula is C29H33F6N5O2. The Kier molecular flexibility index (Phi) is 8.18. The minimum absolute atomic E-state index is 0.00758. The fourth-order valence-electron chi connectivity index (χ4n) is 6.05. The second kappa shape index (κ2) is 11.4. The monoisotopic (exact) mass is 597 g/mol. The summed E-state index contributed by atoms with van der Waals surface area (Å²) in [5.41, 5.74) is -3.89. The lowest BCUT2D eigenvalue weighted by atomic mass is 9.85. The van der Waals surface area contributed by atoms with E-state index in [9.17, 15) is 35.9 Å². The molecule has 0 saturated carbocycles. The number of likely N-dealkylation sites (tertiary alicyclic amines) is 1. The third kappa shape index (κ3) is 6.07. The van der Waals surface area contributed by atoms with Crippen LogP contribution in [0.15, 0.2) is 48.5 Å². The van der Waals surface area contributed by atoms with Gasteiger partial charge in [0.25, 0.3) is 5.91 Å². The molecule has 1 spiro atoms. The van der Waals surface area contributed by atoms with Crippen molar-refractivity contribution in [2.24, 2.45) is 0 Å². The summed E-state index contributed by atoms with van der Waals surface area (Å²) in [7, 11) is 2.07. The van der Waals surface area contributed by atoms with Gasteiger partial charge in [0, 0.05) is 63.6 Å². The standard InChI is InChI=1S/C29H33F6N5O2/c1-36-11-13-37(14-12-36)15-16-39-20-40(24-5-3-2-4-6-24)27(26(39)42)7-9-38(10-8-27)25(41)21-17-22(28(30,31)32)19-23(18-21)29(33,34)35/h2-6,17-19H,7-16,20H2,1H3. The van der Waals surface area contributed by atoms with Crippen LogP contribution >= 0.6 is 0 Å². The Morgan fingerprint density at radius 2 is 1.38 bits per heavy atom. The number of anilines is 1. The Hall–Kier alpha value is -3.32. The molecular weight excluding hydrogens is 564 g/mol. The van der Waals surface area contributed by atoms with Crippen LogP contribution in [0.4, 0.5) is 32.0 Å². The number of para-hydroxylation sites is 1. The molecule has 228 valence electrons. The molecule has 3 aliphatic rings. The molecule has 3 fully saturated rings. The number of piperidine rings is 1. The van der Waals surface area contributed by atoms with Gasteiger partial charge < -0.3 is 19.6 Å². The first-order valence-electron chi connectivity index (χ1n) is 13.9. The third-order valence-electron chi connectivity index (χ3n) is 8.58. The van der Waals surface area contributed by atoms with Gasteiger partial charge in [-0.2, -0.15) is 26.3 Å². The van der Waals surface area contributed by atoms with Crippen molar-refractivity contribution in [2.45, 2.75) is 30.7 Å². The number of carbonyl (C=O) groups is 2. The third-order valence-corrected chi connectivity index (χ3v) is 8.58. The molecule has 0 atom stereocenters. The molecule has 42 heavy (non-hydrogen) atoms. The minimum atomic E-state index is -5.05. The largest absolute Gasteiger partial charge is 0.416 e. The van der Waals surface area contributed by atoms with Crippen molar-refractivity contribution < 1.29 is 35.9 Å². The average molecular weight is 598 g/mol. The van der Waals surface area contributed by atoms with E-state index in [0.717, 1.165) is 38.4 Å². The Balaban J connectivity index is 1.35. The van der Waals surface area contributed by atoms with Gasteiger partial charge in [-0.05, 0) is 50.2 Å². The summed E-state index contributed by atoms with van der Waals surface area (Å²) in [5.74, 6) is -1.00. The van der Waals surface area contributed by atoms with E-state index in [1.807, 2.05) is 40.1 Å². The minimum Gasteiger partial charge on any atom is -0.339 e. The molecule has 0 N–H and O–H groups in total. The average Bonchev–Trinajstić information content (AvgIpc) is 3.22. The molecule has 0 aromatic heterocycles. The van der Waals surface area contributed by atoms with E-state index in [1.165, 1.54) is 4.90 Å². The van der Waals surface area contributed by atoms with Crippen molar-refractivity contribution >= 4 is 17.5 Å². The highest BCUT2D eigenvalue weighted by Crippen LogP contribution is 2.41. The molecule has 0 aliphatic carbocycles. The van der Waals surface area contributed by atoms with Gasteiger partial charge in [0.15, 0.2) is 0 Å². The van der Waals surface area contributed by atoms with Crippen molar-refractivity contribution in [1.82, 2.24) is 19.6 Å². The van der Waals surface area contributed by atoms with Gasteiger partial charge in [0.1, 0.15) is 5.54 Å². The Labute approximate surface area is 240 Å². The summed E-state index contributed by atoms with van der Waals surface area (Å²) in [5, 5.41) is 0. The van der Waals surface area contributed by atoms with E-state index in [4.69, 9.17) is 0 Å². The molecule has 0 radical (unpaired) electrons. The van der Waals surface area contributed by atoms with E-state index in [1.54, 1.807) is 0 Å². The summed E-state index contributed by atoms with van der Waals surface area (Å²) in [6.07, 6.45) is -9.71. The zero-order valence-electron chi connectivity index (χ0n) is 23.2. The molecule has 13 heteroatoms. The maximum Gasteiger partial charge on any atom is 0.416 e. The Bertz CT molecular complexity index is 1250. The number of carbonyl (C=O) groups excluding carboxylic acids is 2. The molecule has 0 bridgehead atoms. The van der Waals surface area contributed by atoms with E-state index >= 15 is 0 Å². The molecule has 3 aliphatic heterocycles. The molecule has 2 aromatic carbocycles. The van der Waals surface area contributed by atoms with Crippen LogP contribution in [-0.4, -0.2) is 103 Å². The van der Waals surface area contributed by atoms with Crippen LogP contribution in [0.5, 0.6) is 0 Å². The molecule has 5 rings (SSSR count). The number of benzene rings is 2. The lowest BCUT2D eigenvalue weighted by Gasteiger charge is -2.43. The van der Waals surface area contributed by atoms with Gasteiger partial charge >= 0.3 is 12.4 Å². The number of nitrogens with zero attached hydrogens (tertiary/aromatic N) is 5. The van der Waals surface area contributed by atoms with Crippen LogP contribution in [0.2, 0.25) is 0 Å². The zero-order chi connectivity index (χ0) is 30.3. The van der Waals surface area contributed by atoms with Crippen molar-refractivity contribution in [2.75, 3.05) is 71.0 Å². The maximum atomic E-state index is 14.0. The van der Waals surface area contributed by atoms with Gasteiger partial charge in [-0.15, -0.1) is 0 Å². The number of piperazine rings is 1. The van der Waals surface area contributed by atoms with Crippen molar-refractivity contribution in [1.29, 1.82) is 0 Å². The van der Waals surface area contributed by atoms with Crippen LogP contribution in [-0.2, 0) is 17.1 Å². The second-order valence-electron chi connectivity index (χ2n) is 11.2. The van der Waals surface area contributed by atoms with Gasteiger partial charge in [-0.25, -0.2) is 0 Å². The summed E-state index contributed by atoms with van der Waals surface area (Å²) >= 11 is 0. The van der Waals surface area contributed by atoms with E-state index in [0.29, 0.717) is 25.3 Å². The van der Waals surface area contributed by atoms with Crippen molar-refractivity contribution in [3.05, 3.63) is 65.2 Å². The predicted octanol–water partition coefficient (Wildman–Crippen LogP) is 4.25. The number of hydrogen-bond acceptors (Lipinski definition) is 5. The van der Waals surface area contributed by atoms with Crippen molar-refractivity contribution in [3.63, 3.8) is 0 Å². The van der Waals surface area contributed by atoms with Crippen LogP contribution in [0, 0.1) is 0 Å². The molecule has 0 unspecified atom stereocenters. The number of amides is 2. The van der Waals surface area contributed by atoms with Crippen LogP contribution in [0.1, 0.15) is 34.3 Å². The highest BCUT2D eigenvalue weighted by Gasteiger charge is 2.54. The molecule has 7 nitrogen and oxygen atoms in total. The number of rotatable bonds is 5. The topological polar surface area (TPSA) is 50.3 Å². The second-order valence-corrected chi connectivity index (χ2v) is 11.2. The van der Waals surface area contributed by atoms with Gasteiger partial charge in [-0.3, -0.25) is 14.5 Å². The fourth-order valence-corrected chi connectivity index (χ4v) is 6.05. The zero-order valence-corrected chi connectivity index (χ0v) is 23.2. The van der Waals surface area contributed by atoms with E-state index in [-0.39, 0.29) is 37.9 Å². The normalized spacial score (nSPS) is 20.5. The highest BCUT2D eigenvalue weighted by atomic mass is 19.4. The summed E-state index contributed by atoms with van der Waals surface area (Å²) < 4.78 is 80.3. The summed E-state index contributed by atoms with van der Waals surface area (Å²) in [4.78, 5) is 36.8. The lowest BCUT2D eigenvalue weighted by Crippen LogP contribution is -2.57. The first-order chi connectivity index (χ1) is 19.8. The van der Waals surface area contributed by atoms with Crippen molar-refractivity contribution in [3.8, 4) is 0 Å². The smallest absolute Gasteiger partial charge is 0.339 e. The van der Waals surface area contributed by atoms with Crippen LogP contribution in [0.25, 0.3) is 0 Å². The summed E-state index contributed by atoms with van der Waals surface area (Å²) in [6.45, 7) is 5.36. The number of alkyl halides is 6. The quantitative estimate of drug-likeness (QED) is 0.483. The molecule has 2 amide bonds. The van der Waals surface area contributed by atoms with Crippen LogP contribution in [0.3, 0.4) is 0 Å². The van der Waals surface area contributed by atoms with E-state index < -0.39 is 40.5 Å². The fraction of sp³-hybridized carbons (Fsp3) is 0.517.